The molecule has 0 aromatic carbocycles. The van der Waals surface area contributed by atoms with E-state index in [4.69, 9.17) is 4.74 Å². The molecule has 3 nitrogen and oxygen atoms in total. The first kappa shape index (κ1) is 11.9. The van der Waals surface area contributed by atoms with Gasteiger partial charge in [0, 0.05) is 13.2 Å². The van der Waals surface area contributed by atoms with Crippen LogP contribution >= 0.6 is 0 Å². The fourth-order valence-corrected chi connectivity index (χ4v) is 4.08. The zero-order chi connectivity index (χ0) is 11.8. The van der Waals surface area contributed by atoms with Gasteiger partial charge < -0.3 is 15.2 Å². The highest BCUT2D eigenvalue weighted by Gasteiger charge is 2.47. The smallest absolute Gasteiger partial charge is 0.0813 e. The van der Waals surface area contributed by atoms with Crippen LogP contribution in [-0.4, -0.2) is 36.0 Å². The summed E-state index contributed by atoms with van der Waals surface area (Å²) in [6, 6.07) is 0. The Morgan fingerprint density at radius 2 is 1.94 bits per heavy atom. The molecule has 3 heteroatoms. The Morgan fingerprint density at radius 3 is 2.65 bits per heavy atom. The van der Waals surface area contributed by atoms with Gasteiger partial charge in [-0.1, -0.05) is 19.3 Å². The zero-order valence-electron chi connectivity index (χ0n) is 10.7. The molecule has 1 aliphatic carbocycles. The maximum Gasteiger partial charge on any atom is 0.0813 e. The van der Waals surface area contributed by atoms with Gasteiger partial charge in [-0.25, -0.2) is 0 Å². The van der Waals surface area contributed by atoms with Gasteiger partial charge in [0.25, 0.3) is 0 Å². The molecule has 0 aromatic rings. The van der Waals surface area contributed by atoms with E-state index in [9.17, 15) is 5.11 Å². The van der Waals surface area contributed by atoms with E-state index < -0.39 is 5.60 Å². The van der Waals surface area contributed by atoms with Crippen LogP contribution in [0.25, 0.3) is 0 Å². The average molecular weight is 239 g/mol. The second-order valence-corrected chi connectivity index (χ2v) is 6.31. The lowest BCUT2D eigenvalue weighted by Crippen LogP contribution is -2.50. The monoisotopic (exact) mass is 239 g/mol. The Labute approximate surface area is 104 Å². The maximum absolute atomic E-state index is 10.7. The highest BCUT2D eigenvalue weighted by atomic mass is 16.5. The van der Waals surface area contributed by atoms with Gasteiger partial charge in [0.05, 0.1) is 11.2 Å². The standard InChI is InChI=1S/C14H25NO2/c16-14(7-8-15-11-14)12-4-9-17-13(10-12)5-2-1-3-6-13/h12,15-16H,1-11H2. The average Bonchev–Trinajstić information content (AvgIpc) is 2.79. The topological polar surface area (TPSA) is 41.5 Å². The highest BCUT2D eigenvalue weighted by Crippen LogP contribution is 2.44. The summed E-state index contributed by atoms with van der Waals surface area (Å²) in [4.78, 5) is 0. The molecule has 0 aromatic heterocycles. The minimum absolute atomic E-state index is 0.124. The predicted molar refractivity (Wildman–Crippen MR) is 66.9 cm³/mol. The second kappa shape index (κ2) is 4.52. The highest BCUT2D eigenvalue weighted by molar-refractivity contribution is 5.00. The van der Waals surface area contributed by atoms with Crippen molar-refractivity contribution in [3.05, 3.63) is 0 Å². The van der Waals surface area contributed by atoms with Gasteiger partial charge >= 0.3 is 0 Å². The molecule has 17 heavy (non-hydrogen) atoms. The molecular weight excluding hydrogens is 214 g/mol. The molecule has 2 aliphatic heterocycles. The largest absolute Gasteiger partial charge is 0.388 e. The van der Waals surface area contributed by atoms with Gasteiger partial charge in [-0.05, 0) is 44.6 Å². The lowest BCUT2D eigenvalue weighted by molar-refractivity contribution is -0.151. The molecule has 0 radical (unpaired) electrons. The summed E-state index contributed by atoms with van der Waals surface area (Å²) < 4.78 is 6.11. The molecule has 2 N–H and O–H groups in total. The molecule has 3 aliphatic rings. The first-order chi connectivity index (χ1) is 8.23. The van der Waals surface area contributed by atoms with Gasteiger partial charge in [-0.3, -0.25) is 0 Å². The van der Waals surface area contributed by atoms with E-state index in [0.29, 0.717) is 5.92 Å². The summed E-state index contributed by atoms with van der Waals surface area (Å²) in [6.07, 6.45) is 9.47. The Hall–Kier alpha value is -0.120. The number of ether oxygens (including phenoxy) is 1. The third-order valence-electron chi connectivity index (χ3n) is 5.18. The second-order valence-electron chi connectivity index (χ2n) is 6.31. The zero-order valence-corrected chi connectivity index (χ0v) is 10.7. The summed E-state index contributed by atoms with van der Waals surface area (Å²) in [5.41, 5.74) is -0.326. The summed E-state index contributed by atoms with van der Waals surface area (Å²) in [5, 5.41) is 14.0. The quantitative estimate of drug-likeness (QED) is 0.733. The third kappa shape index (κ3) is 2.25. The third-order valence-corrected chi connectivity index (χ3v) is 5.18. The van der Waals surface area contributed by atoms with Crippen molar-refractivity contribution in [1.29, 1.82) is 0 Å². The van der Waals surface area contributed by atoms with Gasteiger partial charge in [0.15, 0.2) is 0 Å². The van der Waals surface area contributed by atoms with E-state index in [1.165, 1.54) is 32.1 Å². The summed E-state index contributed by atoms with van der Waals surface area (Å²) in [6.45, 7) is 2.61. The summed E-state index contributed by atoms with van der Waals surface area (Å²) in [5.74, 6) is 0.448. The Balaban J connectivity index is 1.70. The number of nitrogens with one attached hydrogen (secondary N) is 1. The van der Waals surface area contributed by atoms with Crippen molar-refractivity contribution < 1.29 is 9.84 Å². The number of rotatable bonds is 1. The fraction of sp³-hybridized carbons (Fsp3) is 1.00. The Kier molecular flexibility index (Phi) is 3.18. The van der Waals surface area contributed by atoms with E-state index in [1.54, 1.807) is 0 Å². The molecular formula is C14H25NO2. The minimum atomic E-state index is -0.450. The fourth-order valence-electron chi connectivity index (χ4n) is 4.08. The normalized spacial score (nSPS) is 41.8. The Morgan fingerprint density at radius 1 is 1.12 bits per heavy atom. The van der Waals surface area contributed by atoms with E-state index in [0.717, 1.165) is 39.0 Å². The number of β-amino-alcohol motifs (C(OH)–C–C–N with tert-alkyl or cyclic N) is 1. The van der Waals surface area contributed by atoms with Crippen molar-refractivity contribution >= 4 is 0 Å². The van der Waals surface area contributed by atoms with E-state index in [2.05, 4.69) is 5.32 Å². The SMILES string of the molecule is OC1(C2CCOC3(CCCCC3)C2)CCNC1. The van der Waals surface area contributed by atoms with Crippen LogP contribution in [-0.2, 0) is 4.74 Å². The van der Waals surface area contributed by atoms with Crippen LogP contribution in [0.2, 0.25) is 0 Å². The molecule has 0 bridgehead atoms. The molecule has 98 valence electrons. The van der Waals surface area contributed by atoms with E-state index >= 15 is 0 Å². The predicted octanol–water partition coefficient (Wildman–Crippen LogP) is 1.84. The van der Waals surface area contributed by atoms with Crippen molar-refractivity contribution in [2.75, 3.05) is 19.7 Å². The molecule has 3 fully saturated rings. The molecule has 2 unspecified atom stereocenters. The van der Waals surface area contributed by atoms with Crippen LogP contribution in [0.3, 0.4) is 0 Å². The van der Waals surface area contributed by atoms with Crippen LogP contribution in [0.1, 0.15) is 51.4 Å². The first-order valence-electron chi connectivity index (χ1n) is 7.30. The number of aliphatic hydroxyl groups is 1. The number of hydrogen-bond acceptors (Lipinski definition) is 3. The van der Waals surface area contributed by atoms with Crippen LogP contribution in [0.5, 0.6) is 0 Å². The first-order valence-corrected chi connectivity index (χ1v) is 7.30. The van der Waals surface area contributed by atoms with Crippen LogP contribution < -0.4 is 5.32 Å². The van der Waals surface area contributed by atoms with Crippen molar-refractivity contribution in [3.63, 3.8) is 0 Å². The molecule has 2 atom stereocenters. The van der Waals surface area contributed by atoms with Crippen LogP contribution in [0.4, 0.5) is 0 Å². The molecule has 3 rings (SSSR count). The molecule has 1 spiro atoms. The van der Waals surface area contributed by atoms with Crippen LogP contribution in [0.15, 0.2) is 0 Å². The Bertz CT molecular complexity index is 262. The lowest BCUT2D eigenvalue weighted by atomic mass is 9.70. The van der Waals surface area contributed by atoms with Gasteiger partial charge in [-0.2, -0.15) is 0 Å². The lowest BCUT2D eigenvalue weighted by Gasteiger charge is -2.47. The van der Waals surface area contributed by atoms with Crippen molar-refractivity contribution in [2.24, 2.45) is 5.92 Å². The van der Waals surface area contributed by atoms with Crippen molar-refractivity contribution in [1.82, 2.24) is 5.32 Å². The molecule has 1 saturated carbocycles. The van der Waals surface area contributed by atoms with E-state index in [-0.39, 0.29) is 5.60 Å². The molecule has 2 saturated heterocycles. The van der Waals surface area contributed by atoms with Gasteiger partial charge in [-0.15, -0.1) is 0 Å². The van der Waals surface area contributed by atoms with Gasteiger partial charge in [0.2, 0.25) is 0 Å². The van der Waals surface area contributed by atoms with Gasteiger partial charge in [0.1, 0.15) is 0 Å². The summed E-state index contributed by atoms with van der Waals surface area (Å²) >= 11 is 0. The minimum Gasteiger partial charge on any atom is -0.388 e. The van der Waals surface area contributed by atoms with Crippen LogP contribution in [0, 0.1) is 5.92 Å². The van der Waals surface area contributed by atoms with E-state index in [1.807, 2.05) is 0 Å². The number of hydrogen-bond donors (Lipinski definition) is 2. The van der Waals surface area contributed by atoms with Crippen molar-refractivity contribution in [2.45, 2.75) is 62.6 Å². The van der Waals surface area contributed by atoms with Crippen molar-refractivity contribution in [3.8, 4) is 0 Å². The molecule has 0 amide bonds. The molecule has 2 heterocycles. The summed E-state index contributed by atoms with van der Waals surface area (Å²) in [7, 11) is 0. The maximum atomic E-state index is 10.7.